The predicted molar refractivity (Wildman–Crippen MR) is 87.7 cm³/mol. The third-order valence-electron chi connectivity index (χ3n) is 3.88. The summed E-state index contributed by atoms with van der Waals surface area (Å²) in [7, 11) is 0. The molecular formula is C17H16BrN2O2+. The van der Waals surface area contributed by atoms with Gasteiger partial charge in [0.2, 0.25) is 0 Å². The van der Waals surface area contributed by atoms with E-state index in [2.05, 4.69) is 15.9 Å². The van der Waals surface area contributed by atoms with Crippen molar-refractivity contribution in [1.29, 1.82) is 0 Å². The highest BCUT2D eigenvalue weighted by atomic mass is 79.9. The molecule has 112 valence electrons. The van der Waals surface area contributed by atoms with Gasteiger partial charge in [0.05, 0.1) is 6.54 Å². The molecule has 1 aromatic rings. The lowest BCUT2D eigenvalue weighted by Gasteiger charge is -2.26. The molecule has 4 nitrogen and oxygen atoms in total. The minimum atomic E-state index is -0.363. The molecule has 3 amide bonds. The molecule has 0 bridgehead atoms. The molecule has 0 saturated heterocycles. The number of fused-ring (bicyclic) bond motifs is 1. The summed E-state index contributed by atoms with van der Waals surface area (Å²) < 4.78 is 2.69. The van der Waals surface area contributed by atoms with E-state index in [-0.39, 0.29) is 17.9 Å². The maximum Gasteiger partial charge on any atom is 0.501 e. The Morgan fingerprint density at radius 3 is 2.59 bits per heavy atom. The maximum atomic E-state index is 12.6. The fourth-order valence-corrected chi connectivity index (χ4v) is 3.00. The van der Waals surface area contributed by atoms with Gasteiger partial charge in [0.15, 0.2) is 0 Å². The number of imide groups is 1. The number of nitrogens with zero attached hydrogens (tertiary/aromatic N) is 2. The third-order valence-corrected chi connectivity index (χ3v) is 4.40. The van der Waals surface area contributed by atoms with Gasteiger partial charge >= 0.3 is 11.9 Å². The second-order valence-corrected chi connectivity index (χ2v) is 6.14. The van der Waals surface area contributed by atoms with E-state index in [1.165, 1.54) is 4.90 Å². The first-order valence-electron chi connectivity index (χ1n) is 7.21. The van der Waals surface area contributed by atoms with Gasteiger partial charge in [0, 0.05) is 4.47 Å². The van der Waals surface area contributed by atoms with Crippen molar-refractivity contribution in [3.05, 3.63) is 58.6 Å². The van der Waals surface area contributed by atoms with Gasteiger partial charge in [-0.2, -0.15) is 14.3 Å². The molecule has 1 heterocycles. The van der Waals surface area contributed by atoms with Crippen LogP contribution in [0.5, 0.6) is 0 Å². The molecule has 5 heteroatoms. The van der Waals surface area contributed by atoms with Crippen LogP contribution in [-0.2, 0) is 11.3 Å². The summed E-state index contributed by atoms with van der Waals surface area (Å²) in [6.07, 6.45) is 7.42. The molecule has 0 radical (unpaired) electrons. The van der Waals surface area contributed by atoms with Gasteiger partial charge in [-0.25, -0.2) is 4.79 Å². The first kappa shape index (κ1) is 14.9. The summed E-state index contributed by atoms with van der Waals surface area (Å²) >= 11 is 3.41. The van der Waals surface area contributed by atoms with E-state index in [1.54, 1.807) is 4.58 Å². The van der Waals surface area contributed by atoms with Crippen molar-refractivity contribution in [3.63, 3.8) is 0 Å². The number of urea groups is 1. The number of rotatable bonds is 3. The topological polar surface area (TPSA) is 40.4 Å². The molecule has 0 spiro atoms. The van der Waals surface area contributed by atoms with Gasteiger partial charge in [-0.3, -0.25) is 0 Å². The van der Waals surface area contributed by atoms with Crippen molar-refractivity contribution < 1.29 is 14.2 Å². The van der Waals surface area contributed by atoms with Crippen LogP contribution in [-0.4, -0.2) is 33.7 Å². The summed E-state index contributed by atoms with van der Waals surface area (Å²) in [4.78, 5) is 26.4. The standard InChI is InChI=1S/C17H16BrN2O2/c1-2-19-16(21)14-5-3-4-6-15(14)20(17(19)22)11-12-7-9-13(18)10-8-12/h3-10,14H,2,11H2,1H3/q+1. The van der Waals surface area contributed by atoms with E-state index in [4.69, 9.17) is 0 Å². The van der Waals surface area contributed by atoms with Crippen molar-refractivity contribution >= 4 is 33.6 Å². The highest BCUT2D eigenvalue weighted by molar-refractivity contribution is 9.10. The molecule has 22 heavy (non-hydrogen) atoms. The SMILES string of the molecule is CCN1C(=O)C2C=CC=CC2=[N+](Cc2ccc(Br)cc2)C1=O. The molecule has 1 unspecified atom stereocenters. The summed E-state index contributed by atoms with van der Waals surface area (Å²) in [5, 5.41) is 0. The lowest BCUT2D eigenvalue weighted by molar-refractivity contribution is -0.456. The van der Waals surface area contributed by atoms with Gasteiger partial charge in [-0.1, -0.05) is 46.3 Å². The van der Waals surface area contributed by atoms with Gasteiger partial charge < -0.3 is 0 Å². The normalized spacial score (nSPS) is 20.6. The van der Waals surface area contributed by atoms with E-state index in [0.29, 0.717) is 13.1 Å². The monoisotopic (exact) mass is 359 g/mol. The van der Waals surface area contributed by atoms with Crippen molar-refractivity contribution in [2.24, 2.45) is 5.92 Å². The Morgan fingerprint density at radius 2 is 1.91 bits per heavy atom. The molecular weight excluding hydrogens is 344 g/mol. The van der Waals surface area contributed by atoms with E-state index in [0.717, 1.165) is 15.7 Å². The second kappa shape index (κ2) is 6.01. The van der Waals surface area contributed by atoms with Crippen molar-refractivity contribution in [2.45, 2.75) is 13.5 Å². The van der Waals surface area contributed by atoms with Crippen LogP contribution in [0.3, 0.4) is 0 Å². The molecule has 3 rings (SSSR count). The summed E-state index contributed by atoms with van der Waals surface area (Å²) in [6, 6.07) is 7.60. The number of hydrogen-bond donors (Lipinski definition) is 0. The number of carbonyl (C=O) groups is 2. The van der Waals surface area contributed by atoms with Crippen LogP contribution in [0.4, 0.5) is 4.79 Å². The molecule has 0 fully saturated rings. The first-order valence-corrected chi connectivity index (χ1v) is 8.00. The quantitative estimate of drug-likeness (QED) is 0.777. The maximum absolute atomic E-state index is 12.6. The Balaban J connectivity index is 2.03. The Hall–Kier alpha value is -2.01. The minimum Gasteiger partial charge on any atom is -0.245 e. The number of allylic oxidation sites excluding steroid dienone is 3. The lowest BCUT2D eigenvalue weighted by atomic mass is 9.94. The Bertz CT molecular complexity index is 717. The van der Waals surface area contributed by atoms with Crippen LogP contribution in [0.2, 0.25) is 0 Å². The highest BCUT2D eigenvalue weighted by Crippen LogP contribution is 2.21. The third kappa shape index (κ3) is 2.57. The number of benzene rings is 1. The number of carbonyl (C=O) groups excluding carboxylic acids is 2. The van der Waals surface area contributed by atoms with E-state index in [9.17, 15) is 9.59 Å². The minimum absolute atomic E-state index is 0.143. The second-order valence-electron chi connectivity index (χ2n) is 5.22. The summed E-state index contributed by atoms with van der Waals surface area (Å²) in [5.74, 6) is -0.506. The van der Waals surface area contributed by atoms with Gasteiger partial charge in [-0.15, -0.1) is 0 Å². The van der Waals surface area contributed by atoms with Gasteiger partial charge in [-0.05, 0) is 30.7 Å². The molecule has 1 aromatic carbocycles. The summed E-state index contributed by atoms with van der Waals surface area (Å²) in [6.45, 7) is 2.66. The molecule has 0 saturated carbocycles. The molecule has 1 aliphatic carbocycles. The molecule has 0 aromatic heterocycles. The van der Waals surface area contributed by atoms with E-state index >= 15 is 0 Å². The van der Waals surface area contributed by atoms with E-state index in [1.807, 2.05) is 55.5 Å². The highest BCUT2D eigenvalue weighted by Gasteiger charge is 2.45. The van der Waals surface area contributed by atoms with Gasteiger partial charge in [0.1, 0.15) is 18.2 Å². The Kier molecular flexibility index (Phi) is 4.07. The average molecular weight is 360 g/mol. The molecule has 2 aliphatic rings. The fraction of sp³-hybridized carbons (Fsp3) is 0.235. The van der Waals surface area contributed by atoms with Crippen LogP contribution in [0.15, 0.2) is 53.0 Å². The fourth-order valence-electron chi connectivity index (χ4n) is 2.74. The van der Waals surface area contributed by atoms with Crippen LogP contribution in [0, 0.1) is 5.92 Å². The number of amides is 3. The van der Waals surface area contributed by atoms with Crippen LogP contribution in [0.1, 0.15) is 12.5 Å². The average Bonchev–Trinajstić information content (AvgIpc) is 2.54. The first-order chi connectivity index (χ1) is 10.6. The van der Waals surface area contributed by atoms with Crippen molar-refractivity contribution in [1.82, 2.24) is 4.90 Å². The zero-order valence-corrected chi connectivity index (χ0v) is 13.8. The molecule has 1 atom stereocenters. The van der Waals surface area contributed by atoms with Crippen LogP contribution in [0.25, 0.3) is 0 Å². The number of hydrogen-bond acceptors (Lipinski definition) is 2. The smallest absolute Gasteiger partial charge is 0.245 e. The summed E-state index contributed by atoms with van der Waals surface area (Å²) in [5.41, 5.74) is 1.78. The number of halogens is 1. The molecule has 0 N–H and O–H groups in total. The van der Waals surface area contributed by atoms with E-state index < -0.39 is 0 Å². The van der Waals surface area contributed by atoms with Crippen molar-refractivity contribution in [2.75, 3.05) is 6.54 Å². The van der Waals surface area contributed by atoms with Crippen LogP contribution >= 0.6 is 15.9 Å². The molecule has 1 aliphatic heterocycles. The van der Waals surface area contributed by atoms with Crippen molar-refractivity contribution in [3.8, 4) is 0 Å². The zero-order chi connectivity index (χ0) is 15.7. The van der Waals surface area contributed by atoms with Gasteiger partial charge in [0.25, 0.3) is 0 Å². The Morgan fingerprint density at radius 1 is 1.18 bits per heavy atom. The van der Waals surface area contributed by atoms with Crippen LogP contribution < -0.4 is 0 Å². The largest absolute Gasteiger partial charge is 0.501 e. The lowest BCUT2D eigenvalue weighted by Crippen LogP contribution is -2.53. The Labute approximate surface area is 137 Å². The predicted octanol–water partition coefficient (Wildman–Crippen LogP) is 3.13. The zero-order valence-electron chi connectivity index (χ0n) is 12.2.